The molecule has 5 heteroatoms. The maximum Gasteiger partial charge on any atom is 0.259 e. The summed E-state index contributed by atoms with van der Waals surface area (Å²) < 4.78 is 14.8. The van der Waals surface area contributed by atoms with Gasteiger partial charge in [-0.25, -0.2) is 9.07 Å². The third kappa shape index (κ3) is 3.31. The van der Waals surface area contributed by atoms with Crippen LogP contribution in [0, 0.1) is 33.5 Å². The molecule has 0 fully saturated rings. The van der Waals surface area contributed by atoms with Crippen molar-refractivity contribution in [2.45, 2.75) is 27.7 Å². The summed E-state index contributed by atoms with van der Waals surface area (Å²) in [6.45, 7) is 7.57. The minimum Gasteiger partial charge on any atom is -0.322 e. The zero-order valence-electron chi connectivity index (χ0n) is 14.7. The molecule has 0 radical (unpaired) electrons. The van der Waals surface area contributed by atoms with Crippen LogP contribution in [0.5, 0.6) is 0 Å². The van der Waals surface area contributed by atoms with Crippen molar-refractivity contribution in [1.29, 1.82) is 0 Å². The fraction of sp³-hybridized carbons (Fsp3) is 0.200. The molecule has 0 atom stereocenters. The lowest BCUT2D eigenvalue weighted by molar-refractivity contribution is 0.102. The molecule has 128 valence electrons. The summed E-state index contributed by atoms with van der Waals surface area (Å²) in [4.78, 5) is 12.8. The highest BCUT2D eigenvalue weighted by Crippen LogP contribution is 2.22. The zero-order chi connectivity index (χ0) is 18.1. The fourth-order valence-electron chi connectivity index (χ4n) is 2.86. The number of benzene rings is 2. The summed E-state index contributed by atoms with van der Waals surface area (Å²) in [5.41, 5.74) is 5.46. The third-order valence-corrected chi connectivity index (χ3v) is 4.23. The predicted molar refractivity (Wildman–Crippen MR) is 96.9 cm³/mol. The molecule has 3 aromatic rings. The molecule has 0 saturated carbocycles. The summed E-state index contributed by atoms with van der Waals surface area (Å²) in [5.74, 6) is -0.504. The quantitative estimate of drug-likeness (QED) is 0.765. The average molecular weight is 337 g/mol. The van der Waals surface area contributed by atoms with Gasteiger partial charge in [-0.15, -0.1) is 0 Å². The number of anilines is 1. The second kappa shape index (κ2) is 6.51. The molecule has 0 unspecified atom stereocenters. The standard InChI is InChI=1S/C20H20FN3O/c1-12-5-6-13(2)18(11-12)22-20(25)19-14(3)23-24(15(19)4)17-9-7-16(21)8-10-17/h5-11H,1-4H3,(H,22,25). The minimum atomic E-state index is -0.307. The zero-order valence-corrected chi connectivity index (χ0v) is 14.7. The van der Waals surface area contributed by atoms with Crippen molar-refractivity contribution in [1.82, 2.24) is 9.78 Å². The van der Waals surface area contributed by atoms with E-state index in [2.05, 4.69) is 10.4 Å². The summed E-state index contributed by atoms with van der Waals surface area (Å²) in [5, 5.41) is 7.42. The molecule has 2 aromatic carbocycles. The number of aromatic nitrogens is 2. The van der Waals surface area contributed by atoms with Gasteiger partial charge in [0.15, 0.2) is 0 Å². The number of carbonyl (C=O) groups is 1. The molecular formula is C20H20FN3O. The van der Waals surface area contributed by atoms with E-state index in [0.717, 1.165) is 16.8 Å². The van der Waals surface area contributed by atoms with Crippen LogP contribution in [0.2, 0.25) is 0 Å². The van der Waals surface area contributed by atoms with Crippen LogP contribution >= 0.6 is 0 Å². The number of aryl methyl sites for hydroxylation is 3. The smallest absolute Gasteiger partial charge is 0.259 e. The van der Waals surface area contributed by atoms with Crippen LogP contribution < -0.4 is 5.32 Å². The first-order valence-corrected chi connectivity index (χ1v) is 8.07. The van der Waals surface area contributed by atoms with Gasteiger partial charge in [-0.05, 0) is 69.2 Å². The molecule has 1 N–H and O–H groups in total. The molecule has 4 nitrogen and oxygen atoms in total. The van der Waals surface area contributed by atoms with E-state index in [-0.39, 0.29) is 11.7 Å². The van der Waals surface area contributed by atoms with Crippen molar-refractivity contribution in [2.75, 3.05) is 5.32 Å². The van der Waals surface area contributed by atoms with Crippen LogP contribution in [0.4, 0.5) is 10.1 Å². The molecule has 0 aliphatic rings. The summed E-state index contributed by atoms with van der Waals surface area (Å²) in [6.07, 6.45) is 0. The van der Waals surface area contributed by atoms with Crippen LogP contribution in [0.1, 0.15) is 32.9 Å². The van der Waals surface area contributed by atoms with E-state index < -0.39 is 0 Å². The Morgan fingerprint density at radius 1 is 1.04 bits per heavy atom. The normalized spacial score (nSPS) is 10.8. The van der Waals surface area contributed by atoms with Crippen LogP contribution in [0.25, 0.3) is 5.69 Å². The van der Waals surface area contributed by atoms with E-state index in [0.29, 0.717) is 22.6 Å². The van der Waals surface area contributed by atoms with E-state index in [1.807, 2.05) is 39.0 Å². The van der Waals surface area contributed by atoms with Crippen molar-refractivity contribution in [3.8, 4) is 5.69 Å². The Morgan fingerprint density at radius 3 is 2.40 bits per heavy atom. The van der Waals surface area contributed by atoms with E-state index in [4.69, 9.17) is 0 Å². The number of hydrogen-bond donors (Lipinski definition) is 1. The van der Waals surface area contributed by atoms with Gasteiger partial charge in [0.05, 0.1) is 22.6 Å². The van der Waals surface area contributed by atoms with Crippen molar-refractivity contribution in [3.05, 3.63) is 76.4 Å². The molecule has 1 heterocycles. The van der Waals surface area contributed by atoms with Crippen molar-refractivity contribution >= 4 is 11.6 Å². The number of hydrogen-bond acceptors (Lipinski definition) is 2. The highest BCUT2D eigenvalue weighted by atomic mass is 19.1. The highest BCUT2D eigenvalue weighted by Gasteiger charge is 2.20. The molecule has 25 heavy (non-hydrogen) atoms. The molecule has 0 aliphatic heterocycles. The summed E-state index contributed by atoms with van der Waals surface area (Å²) >= 11 is 0. The maximum absolute atomic E-state index is 13.1. The van der Waals surface area contributed by atoms with Gasteiger partial charge in [-0.3, -0.25) is 4.79 Å². The maximum atomic E-state index is 13.1. The first kappa shape index (κ1) is 16.9. The predicted octanol–water partition coefficient (Wildman–Crippen LogP) is 4.50. The SMILES string of the molecule is Cc1ccc(C)c(NC(=O)c2c(C)nn(-c3ccc(F)cc3)c2C)c1. The molecule has 0 spiro atoms. The van der Waals surface area contributed by atoms with Crippen molar-refractivity contribution in [3.63, 3.8) is 0 Å². The number of halogens is 1. The Morgan fingerprint density at radius 2 is 1.72 bits per heavy atom. The van der Waals surface area contributed by atoms with Crippen LogP contribution in [0.3, 0.4) is 0 Å². The number of amides is 1. The topological polar surface area (TPSA) is 46.9 Å². The number of nitrogens with zero attached hydrogens (tertiary/aromatic N) is 2. The van der Waals surface area contributed by atoms with Crippen LogP contribution in [-0.4, -0.2) is 15.7 Å². The van der Waals surface area contributed by atoms with E-state index in [1.54, 1.807) is 23.7 Å². The van der Waals surface area contributed by atoms with Gasteiger partial charge in [-0.2, -0.15) is 5.10 Å². The summed E-state index contributed by atoms with van der Waals surface area (Å²) in [6, 6.07) is 12.0. The van der Waals surface area contributed by atoms with Crippen molar-refractivity contribution in [2.24, 2.45) is 0 Å². The third-order valence-electron chi connectivity index (χ3n) is 4.23. The lowest BCUT2D eigenvalue weighted by Gasteiger charge is -2.10. The van der Waals surface area contributed by atoms with Gasteiger partial charge in [0, 0.05) is 5.69 Å². The second-order valence-electron chi connectivity index (χ2n) is 6.21. The Bertz CT molecular complexity index is 942. The molecule has 0 bridgehead atoms. The Kier molecular flexibility index (Phi) is 4.40. The van der Waals surface area contributed by atoms with Gasteiger partial charge in [0.1, 0.15) is 5.82 Å². The summed E-state index contributed by atoms with van der Waals surface area (Å²) in [7, 11) is 0. The Labute approximate surface area is 146 Å². The van der Waals surface area contributed by atoms with Crippen LogP contribution in [0.15, 0.2) is 42.5 Å². The fourth-order valence-corrected chi connectivity index (χ4v) is 2.86. The monoisotopic (exact) mass is 337 g/mol. The van der Waals surface area contributed by atoms with Gasteiger partial charge in [-0.1, -0.05) is 12.1 Å². The molecule has 0 saturated heterocycles. The second-order valence-corrected chi connectivity index (χ2v) is 6.21. The largest absolute Gasteiger partial charge is 0.322 e. The lowest BCUT2D eigenvalue weighted by Crippen LogP contribution is -2.15. The van der Waals surface area contributed by atoms with E-state index in [1.165, 1.54) is 12.1 Å². The molecular weight excluding hydrogens is 317 g/mol. The minimum absolute atomic E-state index is 0.197. The number of carbonyl (C=O) groups excluding carboxylic acids is 1. The molecule has 0 aliphatic carbocycles. The lowest BCUT2D eigenvalue weighted by atomic mass is 10.1. The van der Waals surface area contributed by atoms with Gasteiger partial charge in [0.25, 0.3) is 5.91 Å². The first-order valence-electron chi connectivity index (χ1n) is 8.07. The molecule has 1 amide bonds. The molecule has 1 aromatic heterocycles. The van der Waals surface area contributed by atoms with Gasteiger partial charge >= 0.3 is 0 Å². The Hall–Kier alpha value is -2.95. The number of rotatable bonds is 3. The molecule has 3 rings (SSSR count). The van der Waals surface area contributed by atoms with Crippen LogP contribution in [-0.2, 0) is 0 Å². The Balaban J connectivity index is 1.96. The van der Waals surface area contributed by atoms with Gasteiger partial charge < -0.3 is 5.32 Å². The van der Waals surface area contributed by atoms with Crippen molar-refractivity contribution < 1.29 is 9.18 Å². The van der Waals surface area contributed by atoms with E-state index in [9.17, 15) is 9.18 Å². The van der Waals surface area contributed by atoms with E-state index >= 15 is 0 Å². The highest BCUT2D eigenvalue weighted by molar-refractivity contribution is 6.06. The number of nitrogens with one attached hydrogen (secondary N) is 1. The van der Waals surface area contributed by atoms with Gasteiger partial charge in [0.2, 0.25) is 0 Å². The first-order chi connectivity index (χ1) is 11.9. The average Bonchev–Trinajstić information content (AvgIpc) is 2.86.